The standard InChI is InChI=1S/C49H44N2O16S/c1-3-41(52)62-27-60-35-17-21-37(22-18-35)64-46(54)30-5-9-32(10-6-30)48(56)66-39-25-26-40(44-43(39)50-45(68-44)29-13-15-34(16-14-29)51(58)59)67-49(57)33-11-7-31(8-12-33)47(55)65-38-23-19-36(20-24-38)61-28-63-42(53)4-2/h3-4,13-26,30-33H,1-2,5-12,27-28H2. The predicted octanol–water partition coefficient (Wildman–Crippen LogP) is 8.64. The fourth-order valence-electron chi connectivity index (χ4n) is 7.52. The van der Waals surface area contributed by atoms with Gasteiger partial charge < -0.3 is 37.9 Å². The number of rotatable bonds is 18. The number of ether oxygens (including phenoxy) is 8. The summed E-state index contributed by atoms with van der Waals surface area (Å²) in [5.41, 5.74) is 0.687. The van der Waals surface area contributed by atoms with Crippen LogP contribution in [0.25, 0.3) is 20.8 Å². The lowest BCUT2D eigenvalue weighted by Gasteiger charge is -2.26. The van der Waals surface area contributed by atoms with Gasteiger partial charge in [-0.25, -0.2) is 14.6 Å². The maximum absolute atomic E-state index is 13.6. The van der Waals surface area contributed by atoms with Gasteiger partial charge in [-0.15, -0.1) is 11.3 Å². The number of thiazole rings is 1. The number of esters is 6. The van der Waals surface area contributed by atoms with Crippen LogP contribution in [0, 0.1) is 33.8 Å². The summed E-state index contributed by atoms with van der Waals surface area (Å²) in [6.07, 6.45) is 5.02. The third-order valence-corrected chi connectivity index (χ3v) is 12.4. The van der Waals surface area contributed by atoms with Crippen LogP contribution in [-0.2, 0) is 38.2 Å². The fraction of sp³-hybridized carbons (Fsp3) is 0.286. The molecule has 2 fully saturated rings. The fourth-order valence-corrected chi connectivity index (χ4v) is 8.56. The Morgan fingerprint density at radius 2 is 0.941 bits per heavy atom. The van der Waals surface area contributed by atoms with Crippen LogP contribution >= 0.6 is 11.3 Å². The second-order valence-corrected chi connectivity index (χ2v) is 16.6. The van der Waals surface area contributed by atoms with Gasteiger partial charge in [0.05, 0.1) is 28.6 Å². The number of aromatic nitrogens is 1. The molecule has 0 radical (unpaired) electrons. The van der Waals surface area contributed by atoms with Crippen LogP contribution in [0.3, 0.4) is 0 Å². The minimum atomic E-state index is -0.626. The molecule has 0 saturated heterocycles. The van der Waals surface area contributed by atoms with Crippen LogP contribution in [0.1, 0.15) is 51.4 Å². The molecule has 19 heteroatoms. The van der Waals surface area contributed by atoms with E-state index in [0.717, 1.165) is 23.5 Å². The molecule has 1 heterocycles. The molecule has 18 nitrogen and oxygen atoms in total. The van der Waals surface area contributed by atoms with Gasteiger partial charge in [0.2, 0.25) is 13.6 Å². The summed E-state index contributed by atoms with van der Waals surface area (Å²) < 4.78 is 43.7. The highest BCUT2D eigenvalue weighted by Crippen LogP contribution is 2.43. The first-order valence-corrected chi connectivity index (χ1v) is 22.3. The molecule has 4 aromatic carbocycles. The lowest BCUT2D eigenvalue weighted by Crippen LogP contribution is -2.30. The summed E-state index contributed by atoms with van der Waals surface area (Å²) in [5, 5.41) is 11.8. The first-order chi connectivity index (χ1) is 32.9. The van der Waals surface area contributed by atoms with E-state index in [1.54, 1.807) is 60.7 Å². The average molecular weight is 949 g/mol. The van der Waals surface area contributed by atoms with E-state index in [9.17, 15) is 38.9 Å². The summed E-state index contributed by atoms with van der Waals surface area (Å²) in [7, 11) is 0. The molecule has 0 amide bonds. The number of fused-ring (bicyclic) bond motifs is 1. The van der Waals surface area contributed by atoms with Crippen LogP contribution in [0.4, 0.5) is 5.69 Å². The van der Waals surface area contributed by atoms with Gasteiger partial charge in [0.1, 0.15) is 38.2 Å². The Labute approximate surface area is 392 Å². The molecular formula is C49H44N2O16S. The summed E-state index contributed by atoms with van der Waals surface area (Å²) in [6.45, 7) is 6.01. The monoisotopic (exact) mass is 948 g/mol. The van der Waals surface area contributed by atoms with Crippen molar-refractivity contribution in [1.82, 2.24) is 4.98 Å². The summed E-state index contributed by atoms with van der Waals surface area (Å²) >= 11 is 1.16. The van der Waals surface area contributed by atoms with Gasteiger partial charge >= 0.3 is 35.8 Å². The van der Waals surface area contributed by atoms with Gasteiger partial charge in [-0.1, -0.05) is 13.2 Å². The van der Waals surface area contributed by atoms with E-state index in [-0.39, 0.29) is 36.3 Å². The largest absolute Gasteiger partial charge is 0.457 e. The average Bonchev–Trinajstić information content (AvgIpc) is 3.82. The molecule has 352 valence electrons. The van der Waals surface area contributed by atoms with Crippen molar-refractivity contribution in [3.05, 3.63) is 120 Å². The molecule has 0 bridgehead atoms. The van der Waals surface area contributed by atoms with E-state index >= 15 is 0 Å². The van der Waals surface area contributed by atoms with E-state index in [4.69, 9.17) is 42.9 Å². The van der Waals surface area contributed by atoms with Crippen molar-refractivity contribution in [1.29, 1.82) is 0 Å². The number of non-ortho nitro benzene ring substituents is 1. The highest BCUT2D eigenvalue weighted by molar-refractivity contribution is 7.22. The maximum Gasteiger partial charge on any atom is 0.333 e. The Kier molecular flexibility index (Phi) is 15.9. The van der Waals surface area contributed by atoms with E-state index < -0.39 is 64.4 Å². The van der Waals surface area contributed by atoms with E-state index in [1.165, 1.54) is 24.3 Å². The van der Waals surface area contributed by atoms with Gasteiger partial charge in [0.25, 0.3) is 5.69 Å². The minimum Gasteiger partial charge on any atom is -0.457 e. The number of carbonyl (C=O) groups excluding carboxylic acids is 6. The van der Waals surface area contributed by atoms with Crippen LogP contribution < -0.4 is 28.4 Å². The predicted molar refractivity (Wildman–Crippen MR) is 242 cm³/mol. The van der Waals surface area contributed by atoms with Crippen molar-refractivity contribution in [2.24, 2.45) is 23.7 Å². The topological polar surface area (TPSA) is 232 Å². The van der Waals surface area contributed by atoms with Crippen molar-refractivity contribution in [3.8, 4) is 45.1 Å². The molecule has 2 aliphatic rings. The van der Waals surface area contributed by atoms with Crippen molar-refractivity contribution in [2.45, 2.75) is 51.4 Å². The highest BCUT2D eigenvalue weighted by Gasteiger charge is 2.35. The van der Waals surface area contributed by atoms with E-state index in [2.05, 4.69) is 13.2 Å². The molecule has 0 unspecified atom stereocenters. The Morgan fingerprint density at radius 3 is 1.35 bits per heavy atom. The van der Waals surface area contributed by atoms with E-state index in [1.807, 2.05) is 0 Å². The van der Waals surface area contributed by atoms with Crippen molar-refractivity contribution < 1.29 is 71.6 Å². The first kappa shape index (κ1) is 48.0. The molecule has 0 spiro atoms. The minimum absolute atomic E-state index is 0.109. The van der Waals surface area contributed by atoms with Crippen molar-refractivity contribution in [2.75, 3.05) is 13.6 Å². The second-order valence-electron chi connectivity index (χ2n) is 15.6. The Morgan fingerprint density at radius 1 is 0.559 bits per heavy atom. The third kappa shape index (κ3) is 12.5. The van der Waals surface area contributed by atoms with Gasteiger partial charge in [0.15, 0.2) is 11.5 Å². The molecular weight excluding hydrogens is 905 g/mol. The molecule has 2 aliphatic carbocycles. The summed E-state index contributed by atoms with van der Waals surface area (Å²) in [6, 6.07) is 21.3. The molecule has 2 saturated carbocycles. The van der Waals surface area contributed by atoms with Crippen LogP contribution in [0.2, 0.25) is 0 Å². The SMILES string of the molecule is C=CC(=O)OCOc1ccc(OC(=O)C2CCC(C(=O)Oc3ccc(OC(=O)C4CCC(C(=O)Oc5ccc(OCOC(=O)C=C)cc5)CC4)c4sc(-c5ccc([N+](=O)[O-])cc5)nc34)CC2)cc1. The third-order valence-electron chi connectivity index (χ3n) is 11.3. The zero-order chi connectivity index (χ0) is 48.2. The smallest absolute Gasteiger partial charge is 0.333 e. The lowest BCUT2D eigenvalue weighted by molar-refractivity contribution is -0.384. The molecule has 0 aliphatic heterocycles. The summed E-state index contributed by atoms with van der Waals surface area (Å²) in [4.78, 5) is 91.3. The molecule has 5 aromatic rings. The van der Waals surface area contributed by atoms with Crippen LogP contribution in [0.5, 0.6) is 34.5 Å². The Hall–Kier alpha value is -7.93. The van der Waals surface area contributed by atoms with Crippen LogP contribution in [-0.4, -0.2) is 59.3 Å². The molecule has 1 aromatic heterocycles. The number of hydrogen-bond acceptors (Lipinski definition) is 18. The zero-order valence-electron chi connectivity index (χ0n) is 36.4. The Bertz CT molecular complexity index is 2530. The number of nitro groups is 1. The molecule has 7 rings (SSSR count). The van der Waals surface area contributed by atoms with Gasteiger partial charge in [-0.05, 0) is 124 Å². The van der Waals surface area contributed by atoms with Crippen LogP contribution in [0.15, 0.2) is 110 Å². The first-order valence-electron chi connectivity index (χ1n) is 21.5. The van der Waals surface area contributed by atoms with E-state index in [0.29, 0.717) is 89.6 Å². The van der Waals surface area contributed by atoms with Crippen molar-refractivity contribution in [3.63, 3.8) is 0 Å². The number of benzene rings is 4. The quantitative estimate of drug-likeness (QED) is 0.0200. The van der Waals surface area contributed by atoms with Gasteiger partial charge in [-0.2, -0.15) is 0 Å². The number of carbonyl (C=O) groups is 6. The molecule has 0 N–H and O–H groups in total. The second kappa shape index (κ2) is 22.5. The van der Waals surface area contributed by atoms with Gasteiger partial charge in [-0.3, -0.25) is 29.3 Å². The Balaban J connectivity index is 0.952. The number of hydrogen-bond donors (Lipinski definition) is 0. The summed E-state index contributed by atoms with van der Waals surface area (Å²) in [5.74, 6) is -3.40. The number of nitrogens with zero attached hydrogens (tertiary/aromatic N) is 2. The number of nitro benzene ring substituents is 1. The normalized spacial score (nSPS) is 17.6. The van der Waals surface area contributed by atoms with Gasteiger partial charge in [0, 0.05) is 29.8 Å². The maximum atomic E-state index is 13.6. The lowest BCUT2D eigenvalue weighted by atomic mass is 9.82. The molecule has 0 atom stereocenters. The van der Waals surface area contributed by atoms with Crippen molar-refractivity contribution >= 4 is 63.1 Å². The highest BCUT2D eigenvalue weighted by atomic mass is 32.1. The molecule has 68 heavy (non-hydrogen) atoms. The zero-order valence-corrected chi connectivity index (χ0v) is 37.2.